The van der Waals surface area contributed by atoms with E-state index in [1.165, 1.54) is 17.7 Å². The quantitative estimate of drug-likeness (QED) is 0.778. The van der Waals surface area contributed by atoms with Crippen LogP contribution in [0.2, 0.25) is 0 Å². The second-order valence-electron chi connectivity index (χ2n) is 2.91. The predicted octanol–water partition coefficient (Wildman–Crippen LogP) is 1.83. The molecule has 0 fully saturated rings. The second kappa shape index (κ2) is 3.82. The highest BCUT2D eigenvalue weighted by Gasteiger charge is 2.17. The zero-order chi connectivity index (χ0) is 10.8. The van der Waals surface area contributed by atoms with E-state index in [0.29, 0.717) is 22.0 Å². The largest absolute Gasteiger partial charge is 0.492 e. The molecular weight excluding hydrogens is 214 g/mol. The lowest BCUT2D eigenvalue weighted by atomic mass is 10.3. The Bertz CT molecular complexity index is 476. The molecule has 0 amide bonds. The predicted molar refractivity (Wildman–Crippen MR) is 56.0 cm³/mol. The second-order valence-corrected chi connectivity index (χ2v) is 3.91. The number of aromatic amines is 1. The summed E-state index contributed by atoms with van der Waals surface area (Å²) in [6.45, 7) is 1.75. The van der Waals surface area contributed by atoms with E-state index in [-0.39, 0.29) is 11.7 Å². The van der Waals surface area contributed by atoms with Crippen LogP contribution in [0.5, 0.6) is 5.88 Å². The zero-order valence-corrected chi connectivity index (χ0v) is 8.84. The van der Waals surface area contributed by atoms with Crippen LogP contribution in [0.15, 0.2) is 12.5 Å². The summed E-state index contributed by atoms with van der Waals surface area (Å²) in [7, 11) is 0. The standard InChI is InChI=1S/C9H9N3O2S/c1-2-6(13)7-8(14)12-9(15-7)5-3-10-4-11-5/h3-4,14H,2H2,1H3,(H,10,11). The van der Waals surface area contributed by atoms with Crippen LogP contribution in [0.1, 0.15) is 23.0 Å². The Labute approximate surface area is 89.8 Å². The minimum absolute atomic E-state index is 0.101. The maximum Gasteiger partial charge on any atom is 0.233 e. The normalized spacial score (nSPS) is 10.5. The first-order valence-electron chi connectivity index (χ1n) is 4.44. The minimum atomic E-state index is -0.198. The van der Waals surface area contributed by atoms with Gasteiger partial charge in [0.25, 0.3) is 0 Å². The van der Waals surface area contributed by atoms with Gasteiger partial charge in [-0.05, 0) is 0 Å². The van der Waals surface area contributed by atoms with Crippen molar-refractivity contribution in [3.8, 4) is 16.6 Å². The number of Topliss-reactive ketones (excluding diaryl/α,β-unsaturated/α-hetero) is 1. The summed E-state index contributed by atoms with van der Waals surface area (Å²) in [6.07, 6.45) is 3.48. The average molecular weight is 223 g/mol. The van der Waals surface area contributed by atoms with Gasteiger partial charge in [-0.3, -0.25) is 4.79 Å². The molecule has 2 rings (SSSR count). The topological polar surface area (TPSA) is 78.9 Å². The molecule has 6 heteroatoms. The third-order valence-corrected chi connectivity index (χ3v) is 3.03. The van der Waals surface area contributed by atoms with Crippen LogP contribution >= 0.6 is 11.3 Å². The van der Waals surface area contributed by atoms with Crippen molar-refractivity contribution in [3.05, 3.63) is 17.4 Å². The molecule has 0 saturated carbocycles. The minimum Gasteiger partial charge on any atom is -0.492 e. The zero-order valence-electron chi connectivity index (χ0n) is 8.02. The molecule has 0 aliphatic heterocycles. The molecule has 78 valence electrons. The lowest BCUT2D eigenvalue weighted by molar-refractivity contribution is 0.0989. The monoisotopic (exact) mass is 223 g/mol. The summed E-state index contributed by atoms with van der Waals surface area (Å²) in [5.41, 5.74) is 0.699. The molecule has 0 aliphatic carbocycles. The number of imidazole rings is 1. The average Bonchev–Trinajstić information content (AvgIpc) is 2.84. The molecule has 2 aromatic heterocycles. The Hall–Kier alpha value is -1.69. The Morgan fingerprint density at radius 1 is 1.67 bits per heavy atom. The number of aromatic hydroxyl groups is 1. The maximum atomic E-state index is 11.4. The molecule has 0 spiro atoms. The van der Waals surface area contributed by atoms with Crippen molar-refractivity contribution in [2.45, 2.75) is 13.3 Å². The van der Waals surface area contributed by atoms with Gasteiger partial charge in [0.05, 0.1) is 18.2 Å². The first-order valence-corrected chi connectivity index (χ1v) is 5.25. The Kier molecular flexibility index (Phi) is 2.51. The van der Waals surface area contributed by atoms with Gasteiger partial charge in [-0.15, -0.1) is 11.3 Å². The third kappa shape index (κ3) is 1.75. The molecule has 15 heavy (non-hydrogen) atoms. The number of H-pyrrole nitrogens is 1. The van der Waals surface area contributed by atoms with E-state index < -0.39 is 0 Å². The molecule has 0 atom stereocenters. The van der Waals surface area contributed by atoms with Crippen molar-refractivity contribution in [2.24, 2.45) is 0 Å². The van der Waals surface area contributed by atoms with Crippen molar-refractivity contribution in [1.29, 1.82) is 0 Å². The highest BCUT2D eigenvalue weighted by molar-refractivity contribution is 7.17. The fourth-order valence-electron chi connectivity index (χ4n) is 1.14. The van der Waals surface area contributed by atoms with Gasteiger partial charge in [0.2, 0.25) is 5.88 Å². The molecule has 5 nitrogen and oxygen atoms in total. The van der Waals surface area contributed by atoms with E-state index in [1.54, 1.807) is 13.1 Å². The summed E-state index contributed by atoms with van der Waals surface area (Å²) < 4.78 is 0. The van der Waals surface area contributed by atoms with Crippen molar-refractivity contribution in [2.75, 3.05) is 0 Å². The number of hydrogen-bond acceptors (Lipinski definition) is 5. The van der Waals surface area contributed by atoms with Gasteiger partial charge in [-0.1, -0.05) is 6.92 Å². The van der Waals surface area contributed by atoms with Gasteiger partial charge in [0.15, 0.2) is 5.78 Å². The highest BCUT2D eigenvalue weighted by Crippen LogP contribution is 2.31. The Balaban J connectivity index is 2.41. The first kappa shape index (κ1) is 9.85. The number of thiazole rings is 1. The molecule has 0 unspecified atom stereocenters. The van der Waals surface area contributed by atoms with Crippen molar-refractivity contribution < 1.29 is 9.90 Å². The van der Waals surface area contributed by atoms with E-state index in [4.69, 9.17) is 0 Å². The molecule has 2 N–H and O–H groups in total. The Morgan fingerprint density at radius 3 is 3.07 bits per heavy atom. The van der Waals surface area contributed by atoms with Gasteiger partial charge in [-0.25, -0.2) is 4.98 Å². The van der Waals surface area contributed by atoms with Crippen molar-refractivity contribution >= 4 is 17.1 Å². The molecule has 0 saturated heterocycles. The van der Waals surface area contributed by atoms with Gasteiger partial charge in [-0.2, -0.15) is 4.98 Å². The summed E-state index contributed by atoms with van der Waals surface area (Å²) in [5, 5.41) is 10.0. The van der Waals surface area contributed by atoms with Crippen molar-refractivity contribution in [3.63, 3.8) is 0 Å². The van der Waals surface area contributed by atoms with Gasteiger partial charge >= 0.3 is 0 Å². The summed E-state index contributed by atoms with van der Waals surface area (Å²) in [4.78, 5) is 22.3. The summed E-state index contributed by atoms with van der Waals surface area (Å²) in [5.74, 6) is -0.299. The molecule has 2 heterocycles. The molecule has 0 bridgehead atoms. The highest BCUT2D eigenvalue weighted by atomic mass is 32.1. The van der Waals surface area contributed by atoms with Crippen LogP contribution in [0.25, 0.3) is 10.7 Å². The first-order chi connectivity index (χ1) is 7.22. The van der Waals surface area contributed by atoms with E-state index in [9.17, 15) is 9.90 Å². The Morgan fingerprint density at radius 2 is 2.47 bits per heavy atom. The van der Waals surface area contributed by atoms with Crippen LogP contribution in [-0.2, 0) is 0 Å². The number of carbonyl (C=O) groups is 1. The number of aromatic nitrogens is 3. The van der Waals surface area contributed by atoms with Gasteiger partial charge in [0, 0.05) is 6.42 Å². The SMILES string of the molecule is CCC(=O)c1sc(-c2cnc[nH]2)nc1O. The van der Waals surface area contributed by atoms with Gasteiger partial charge < -0.3 is 10.1 Å². The number of nitrogens with one attached hydrogen (secondary N) is 1. The number of carbonyl (C=O) groups excluding carboxylic acids is 1. The van der Waals surface area contributed by atoms with E-state index in [2.05, 4.69) is 15.0 Å². The van der Waals surface area contributed by atoms with Crippen LogP contribution in [-0.4, -0.2) is 25.8 Å². The number of hydrogen-bond donors (Lipinski definition) is 2. The van der Waals surface area contributed by atoms with Gasteiger partial charge in [0.1, 0.15) is 9.88 Å². The molecule has 0 radical (unpaired) electrons. The summed E-state index contributed by atoms with van der Waals surface area (Å²) >= 11 is 1.17. The summed E-state index contributed by atoms with van der Waals surface area (Å²) in [6, 6.07) is 0. The third-order valence-electron chi connectivity index (χ3n) is 1.91. The fourth-order valence-corrected chi connectivity index (χ4v) is 2.08. The van der Waals surface area contributed by atoms with E-state index >= 15 is 0 Å². The van der Waals surface area contributed by atoms with Crippen molar-refractivity contribution in [1.82, 2.24) is 15.0 Å². The molecule has 0 aromatic carbocycles. The van der Waals surface area contributed by atoms with Crippen LogP contribution in [0.4, 0.5) is 0 Å². The van der Waals surface area contributed by atoms with Crippen LogP contribution < -0.4 is 0 Å². The van der Waals surface area contributed by atoms with Crippen LogP contribution in [0, 0.1) is 0 Å². The van der Waals surface area contributed by atoms with E-state index in [0.717, 1.165) is 0 Å². The lowest BCUT2D eigenvalue weighted by Gasteiger charge is -1.89. The fraction of sp³-hybridized carbons (Fsp3) is 0.222. The molecule has 2 aromatic rings. The number of nitrogens with zero attached hydrogens (tertiary/aromatic N) is 2. The smallest absolute Gasteiger partial charge is 0.233 e. The molecule has 0 aliphatic rings. The van der Waals surface area contributed by atoms with Crippen LogP contribution in [0.3, 0.4) is 0 Å². The lowest BCUT2D eigenvalue weighted by Crippen LogP contribution is -1.92. The molecular formula is C9H9N3O2S. The number of ketones is 1. The maximum absolute atomic E-state index is 11.4. The van der Waals surface area contributed by atoms with E-state index in [1.807, 2.05) is 0 Å². The number of rotatable bonds is 3.